The van der Waals surface area contributed by atoms with Gasteiger partial charge >= 0.3 is 0 Å². The summed E-state index contributed by atoms with van der Waals surface area (Å²) in [7, 11) is 0. The Morgan fingerprint density at radius 3 is 2.24 bits per heavy atom. The predicted octanol–water partition coefficient (Wildman–Crippen LogP) is 5.86. The molecule has 0 spiro atoms. The van der Waals surface area contributed by atoms with Crippen molar-refractivity contribution in [1.29, 1.82) is 0 Å². The van der Waals surface area contributed by atoms with Gasteiger partial charge in [0.25, 0.3) is 0 Å². The summed E-state index contributed by atoms with van der Waals surface area (Å²) in [5.41, 5.74) is 1.11. The number of allylic oxidation sites excluding steroid dienone is 5. The number of aromatic hydroxyl groups is 1. The van der Waals surface area contributed by atoms with Crippen molar-refractivity contribution in [3.63, 3.8) is 0 Å². The molecule has 3 heteroatoms. The van der Waals surface area contributed by atoms with Gasteiger partial charge in [0, 0.05) is 6.42 Å². The van der Waals surface area contributed by atoms with Crippen molar-refractivity contribution < 1.29 is 15.0 Å². The van der Waals surface area contributed by atoms with Gasteiger partial charge in [0.05, 0.1) is 11.1 Å². The quantitative estimate of drug-likeness (QED) is 0.294. The van der Waals surface area contributed by atoms with Crippen LogP contribution in [0.25, 0.3) is 0 Å². The first kappa shape index (κ1) is 20.8. The van der Waals surface area contributed by atoms with Gasteiger partial charge in [0.15, 0.2) is 5.78 Å². The van der Waals surface area contributed by atoms with Gasteiger partial charge in [-0.05, 0) is 34.6 Å². The Labute approximate surface area is 151 Å². The van der Waals surface area contributed by atoms with Crippen molar-refractivity contribution in [2.24, 2.45) is 5.41 Å². The predicted molar refractivity (Wildman–Crippen MR) is 104 cm³/mol. The first-order valence-electron chi connectivity index (χ1n) is 8.56. The molecule has 136 valence electrons. The number of phenols is 1. The molecule has 0 heterocycles. The molecule has 0 fully saturated rings. The molecule has 0 saturated heterocycles. The van der Waals surface area contributed by atoms with Gasteiger partial charge < -0.3 is 10.2 Å². The van der Waals surface area contributed by atoms with Crippen LogP contribution in [-0.2, 0) is 5.41 Å². The molecule has 0 aliphatic heterocycles. The summed E-state index contributed by atoms with van der Waals surface area (Å²) in [4.78, 5) is 12.8. The normalized spacial score (nSPS) is 13.7. The van der Waals surface area contributed by atoms with Crippen molar-refractivity contribution in [1.82, 2.24) is 0 Å². The topological polar surface area (TPSA) is 57.5 Å². The number of rotatable bonds is 6. The summed E-state index contributed by atoms with van der Waals surface area (Å²) >= 11 is 0. The van der Waals surface area contributed by atoms with Gasteiger partial charge in [-0.2, -0.15) is 0 Å². The molecule has 2 N–H and O–H groups in total. The number of phenolic OH excluding ortho intramolecular Hbond substituents is 1. The summed E-state index contributed by atoms with van der Waals surface area (Å²) in [5.74, 6) is -0.495. The number of Topliss-reactive ketones (excluding diaryl/α,β-unsaturated/α-hetero) is 1. The van der Waals surface area contributed by atoms with Crippen LogP contribution in [0.2, 0.25) is 0 Å². The van der Waals surface area contributed by atoms with E-state index in [-0.39, 0.29) is 33.5 Å². The molecule has 0 amide bonds. The Hall–Kier alpha value is -2.29. The third-order valence-corrected chi connectivity index (χ3v) is 5.13. The average Bonchev–Trinajstić information content (AvgIpc) is 2.53. The van der Waals surface area contributed by atoms with E-state index in [9.17, 15) is 15.0 Å². The molecular weight excluding hydrogens is 312 g/mol. The highest BCUT2D eigenvalue weighted by Crippen LogP contribution is 2.42. The van der Waals surface area contributed by atoms with Crippen molar-refractivity contribution in [3.05, 3.63) is 65.5 Å². The minimum Gasteiger partial charge on any atom is -0.512 e. The minimum absolute atomic E-state index is 0.0107. The molecule has 3 nitrogen and oxygen atoms in total. The van der Waals surface area contributed by atoms with Gasteiger partial charge in [-0.15, -0.1) is 0 Å². The monoisotopic (exact) mass is 342 g/mol. The van der Waals surface area contributed by atoms with Gasteiger partial charge in [-0.3, -0.25) is 4.79 Å². The first-order valence-corrected chi connectivity index (χ1v) is 8.56. The maximum Gasteiger partial charge on any atom is 0.200 e. The Morgan fingerprint density at radius 2 is 1.80 bits per heavy atom. The lowest BCUT2D eigenvalue weighted by atomic mass is 9.65. The van der Waals surface area contributed by atoms with Gasteiger partial charge in [-0.25, -0.2) is 0 Å². The Bertz CT molecular complexity index is 713. The fraction of sp³-hybridized carbons (Fsp3) is 0.409. The number of hydrogen-bond acceptors (Lipinski definition) is 3. The highest BCUT2D eigenvalue weighted by molar-refractivity contribution is 6.12. The molecule has 25 heavy (non-hydrogen) atoms. The van der Waals surface area contributed by atoms with E-state index in [1.54, 1.807) is 25.1 Å². The van der Waals surface area contributed by atoms with Crippen molar-refractivity contribution >= 4 is 5.78 Å². The van der Waals surface area contributed by atoms with Crippen molar-refractivity contribution in [3.8, 4) is 5.75 Å². The average molecular weight is 342 g/mol. The summed E-state index contributed by atoms with van der Waals surface area (Å²) in [6.45, 7) is 16.0. The maximum atomic E-state index is 12.8. The lowest BCUT2D eigenvalue weighted by Gasteiger charge is -2.39. The molecule has 0 aliphatic rings. The van der Waals surface area contributed by atoms with Crippen LogP contribution in [0.1, 0.15) is 63.9 Å². The number of hydrogen-bond donors (Lipinski definition) is 2. The number of aliphatic hydroxyl groups is 1. The zero-order valence-corrected chi connectivity index (χ0v) is 16.2. The largest absolute Gasteiger partial charge is 0.512 e. The molecule has 0 atom stereocenters. The van der Waals surface area contributed by atoms with Gasteiger partial charge in [0.1, 0.15) is 11.5 Å². The third kappa shape index (κ3) is 4.41. The number of carbonyl (C=O) groups excluding carboxylic acids is 1. The van der Waals surface area contributed by atoms with Crippen LogP contribution in [0.5, 0.6) is 5.75 Å². The molecule has 0 radical (unpaired) electrons. The third-order valence-electron chi connectivity index (χ3n) is 5.13. The SMILES string of the molecule is C=C/C=C\C(C(=O)c1ccc(C(C)(C)C(C)(C)C)cc1O)=C(\O)CC. The van der Waals surface area contributed by atoms with E-state index in [4.69, 9.17) is 0 Å². The van der Waals surface area contributed by atoms with Crippen LogP contribution in [0.3, 0.4) is 0 Å². The molecule has 1 aromatic carbocycles. The number of benzene rings is 1. The van der Waals surface area contributed by atoms with E-state index in [2.05, 4.69) is 41.2 Å². The van der Waals surface area contributed by atoms with Crippen LogP contribution in [-0.4, -0.2) is 16.0 Å². The zero-order valence-electron chi connectivity index (χ0n) is 16.2. The molecule has 0 unspecified atom stereocenters. The summed E-state index contributed by atoms with van der Waals surface area (Å²) in [5, 5.41) is 20.5. The Kier molecular flexibility index (Phi) is 6.42. The number of aliphatic hydroxyl groups excluding tert-OH is 1. The lowest BCUT2D eigenvalue weighted by molar-refractivity contribution is 0.103. The van der Waals surface area contributed by atoms with Crippen LogP contribution in [0, 0.1) is 5.41 Å². The lowest BCUT2D eigenvalue weighted by Crippen LogP contribution is -2.33. The zero-order chi connectivity index (χ0) is 19.4. The maximum absolute atomic E-state index is 12.8. The molecule has 0 bridgehead atoms. The fourth-order valence-corrected chi connectivity index (χ4v) is 2.35. The van der Waals surface area contributed by atoms with Crippen molar-refractivity contribution in [2.45, 2.75) is 53.4 Å². The fourth-order valence-electron chi connectivity index (χ4n) is 2.35. The Morgan fingerprint density at radius 1 is 1.20 bits per heavy atom. The molecule has 1 rings (SSSR count). The van der Waals surface area contributed by atoms with E-state index >= 15 is 0 Å². The molecule has 0 saturated carbocycles. The smallest absolute Gasteiger partial charge is 0.200 e. The summed E-state index contributed by atoms with van der Waals surface area (Å²) in [6.07, 6.45) is 4.97. The van der Waals surface area contributed by atoms with Crippen molar-refractivity contribution in [2.75, 3.05) is 0 Å². The van der Waals surface area contributed by atoms with Crippen LogP contribution in [0.15, 0.2) is 54.3 Å². The standard InChI is InChI=1S/C22H30O3/c1-8-10-11-16(18(23)9-2)20(25)17-13-12-15(14-19(17)24)22(6,7)21(3,4)5/h8,10-14,23-24H,1,9H2,2-7H3/b11-10-,18-16-. The van der Waals surface area contributed by atoms with Crippen LogP contribution >= 0.6 is 0 Å². The van der Waals surface area contributed by atoms with Crippen LogP contribution < -0.4 is 0 Å². The van der Waals surface area contributed by atoms with Gasteiger partial charge in [0.2, 0.25) is 0 Å². The summed E-state index contributed by atoms with van der Waals surface area (Å²) in [6, 6.07) is 5.15. The number of carbonyl (C=O) groups is 1. The molecular formula is C22H30O3. The molecule has 1 aromatic rings. The molecule has 0 aliphatic carbocycles. The Balaban J connectivity index is 3.39. The van der Waals surface area contributed by atoms with E-state index in [0.717, 1.165) is 5.56 Å². The first-order chi connectivity index (χ1) is 11.5. The number of ketones is 1. The van der Waals surface area contributed by atoms with E-state index in [1.165, 1.54) is 12.2 Å². The van der Waals surface area contributed by atoms with E-state index < -0.39 is 5.78 Å². The van der Waals surface area contributed by atoms with Gasteiger partial charge in [-0.1, -0.05) is 66.3 Å². The highest BCUT2D eigenvalue weighted by Gasteiger charge is 2.35. The van der Waals surface area contributed by atoms with E-state index in [0.29, 0.717) is 6.42 Å². The van der Waals surface area contributed by atoms with E-state index in [1.807, 2.05) is 6.07 Å². The molecule has 0 aromatic heterocycles. The van der Waals surface area contributed by atoms with Crippen LogP contribution in [0.4, 0.5) is 0 Å². The second kappa shape index (κ2) is 7.73. The second-order valence-corrected chi connectivity index (χ2v) is 7.74. The highest BCUT2D eigenvalue weighted by atomic mass is 16.3. The summed E-state index contributed by atoms with van der Waals surface area (Å²) < 4.78 is 0. The minimum atomic E-state index is -0.407. The second-order valence-electron chi connectivity index (χ2n) is 7.74.